The third-order valence-corrected chi connectivity index (χ3v) is 3.22. The van der Waals surface area contributed by atoms with E-state index >= 15 is 0 Å². The predicted octanol–water partition coefficient (Wildman–Crippen LogP) is 1.34. The molecular formula is C12H14N2O2. The maximum Gasteiger partial charge on any atom is 0.234 e. The van der Waals surface area contributed by atoms with Gasteiger partial charge in [0.15, 0.2) is 0 Å². The van der Waals surface area contributed by atoms with Crippen molar-refractivity contribution in [3.8, 4) is 0 Å². The van der Waals surface area contributed by atoms with Crippen molar-refractivity contribution in [1.29, 1.82) is 0 Å². The van der Waals surface area contributed by atoms with Crippen molar-refractivity contribution in [2.75, 3.05) is 13.1 Å². The molecule has 1 aliphatic rings. The molecule has 0 bridgehead atoms. The van der Waals surface area contributed by atoms with Gasteiger partial charge in [0.2, 0.25) is 12.2 Å². The first-order valence-electron chi connectivity index (χ1n) is 5.29. The van der Waals surface area contributed by atoms with Crippen LogP contribution in [0.4, 0.5) is 0 Å². The van der Waals surface area contributed by atoms with Crippen LogP contribution in [0.25, 0.3) is 0 Å². The minimum absolute atomic E-state index is 0.0118. The maximum absolute atomic E-state index is 10.1. The Bertz CT molecular complexity index is 317. The normalized spacial score (nSPS) is 33.6. The van der Waals surface area contributed by atoms with E-state index < -0.39 is 0 Å². The number of rotatable bonds is 4. The molecule has 0 spiro atoms. The van der Waals surface area contributed by atoms with Crippen LogP contribution in [-0.4, -0.2) is 25.2 Å². The highest BCUT2D eigenvalue weighted by atomic mass is 16.1. The van der Waals surface area contributed by atoms with Crippen molar-refractivity contribution in [2.24, 2.45) is 33.7 Å². The van der Waals surface area contributed by atoms with E-state index in [1.54, 1.807) is 0 Å². The Kier molecular flexibility index (Phi) is 5.10. The molecule has 16 heavy (non-hydrogen) atoms. The summed E-state index contributed by atoms with van der Waals surface area (Å²) in [6.07, 6.45) is 4.66. The highest BCUT2D eigenvalue weighted by Gasteiger charge is 2.34. The Balaban J connectivity index is 2.71. The van der Waals surface area contributed by atoms with Gasteiger partial charge in [-0.1, -0.05) is 0 Å². The lowest BCUT2D eigenvalue weighted by Gasteiger charge is -2.38. The molecule has 1 saturated carbocycles. The highest BCUT2D eigenvalue weighted by Crippen LogP contribution is 2.38. The molecule has 0 heterocycles. The minimum Gasteiger partial charge on any atom is -0.211 e. The van der Waals surface area contributed by atoms with E-state index in [2.05, 4.69) is 9.98 Å². The predicted molar refractivity (Wildman–Crippen MR) is 57.8 cm³/mol. The number of nitrogens with zero attached hydrogens (tertiary/aromatic N) is 2. The van der Waals surface area contributed by atoms with Crippen molar-refractivity contribution in [2.45, 2.75) is 12.8 Å². The monoisotopic (exact) mass is 218 g/mol. The SMILES string of the molecule is [CH]C1CCC(CN=C=O)C(CN=C=O)C1[CH]. The molecule has 0 saturated heterocycles. The van der Waals surface area contributed by atoms with Crippen LogP contribution >= 0.6 is 0 Å². The third-order valence-electron chi connectivity index (χ3n) is 3.22. The second kappa shape index (κ2) is 6.37. The van der Waals surface area contributed by atoms with Gasteiger partial charge in [0.1, 0.15) is 0 Å². The smallest absolute Gasteiger partial charge is 0.211 e. The van der Waals surface area contributed by atoms with E-state index in [-0.39, 0.29) is 23.7 Å². The molecule has 1 rings (SSSR count). The maximum atomic E-state index is 10.1. The Labute approximate surface area is 95.9 Å². The van der Waals surface area contributed by atoms with E-state index in [1.165, 1.54) is 12.2 Å². The van der Waals surface area contributed by atoms with Gasteiger partial charge in [-0.3, -0.25) is 0 Å². The zero-order valence-electron chi connectivity index (χ0n) is 9.00. The third kappa shape index (κ3) is 3.13. The molecule has 0 aliphatic heterocycles. The van der Waals surface area contributed by atoms with Crippen LogP contribution in [0.2, 0.25) is 0 Å². The number of carbonyl (C=O) groups excluding carboxylic acids is 2. The van der Waals surface area contributed by atoms with Crippen molar-refractivity contribution >= 4 is 12.2 Å². The Morgan fingerprint density at radius 1 is 1.06 bits per heavy atom. The first kappa shape index (κ1) is 12.8. The van der Waals surface area contributed by atoms with Gasteiger partial charge in [-0.2, -0.15) is 0 Å². The highest BCUT2D eigenvalue weighted by molar-refractivity contribution is 5.33. The van der Waals surface area contributed by atoms with Gasteiger partial charge in [0.05, 0.1) is 13.1 Å². The summed E-state index contributed by atoms with van der Waals surface area (Å²) in [5.41, 5.74) is 0. The van der Waals surface area contributed by atoms with Gasteiger partial charge in [-0.15, -0.1) is 0 Å². The lowest BCUT2D eigenvalue weighted by Crippen LogP contribution is -2.35. The van der Waals surface area contributed by atoms with Crippen molar-refractivity contribution in [1.82, 2.24) is 0 Å². The Morgan fingerprint density at radius 3 is 2.31 bits per heavy atom. The van der Waals surface area contributed by atoms with Gasteiger partial charge in [-0.25, -0.2) is 19.6 Å². The molecule has 0 aromatic rings. The molecule has 4 unspecified atom stereocenters. The summed E-state index contributed by atoms with van der Waals surface area (Å²) in [5.74, 6) is -0.156. The number of hydrogen-bond donors (Lipinski definition) is 0. The minimum atomic E-state index is -0.210. The molecule has 1 fully saturated rings. The molecule has 1 aliphatic carbocycles. The molecule has 0 amide bonds. The van der Waals surface area contributed by atoms with Crippen LogP contribution in [0, 0.1) is 37.5 Å². The fourth-order valence-corrected chi connectivity index (χ4v) is 2.24. The first-order valence-corrected chi connectivity index (χ1v) is 5.29. The number of isocyanates is 2. The average Bonchev–Trinajstić information content (AvgIpc) is 2.29. The molecule has 4 atom stereocenters. The summed E-state index contributed by atoms with van der Waals surface area (Å²) >= 11 is 0. The van der Waals surface area contributed by atoms with E-state index in [0.717, 1.165) is 12.8 Å². The summed E-state index contributed by atoms with van der Waals surface area (Å²) in [5, 5.41) is 0. The summed E-state index contributed by atoms with van der Waals surface area (Å²) < 4.78 is 0. The Hall–Kier alpha value is -1.24. The van der Waals surface area contributed by atoms with Gasteiger partial charge in [0.25, 0.3) is 0 Å². The van der Waals surface area contributed by atoms with E-state index in [9.17, 15) is 9.59 Å². The molecular weight excluding hydrogens is 204 g/mol. The van der Waals surface area contributed by atoms with Gasteiger partial charge >= 0.3 is 0 Å². The molecule has 0 aromatic heterocycles. The van der Waals surface area contributed by atoms with Crippen molar-refractivity contribution < 1.29 is 9.59 Å². The fourth-order valence-electron chi connectivity index (χ4n) is 2.24. The second-order valence-electron chi connectivity index (χ2n) is 4.11. The zero-order chi connectivity index (χ0) is 12.0. The summed E-state index contributed by atoms with van der Waals surface area (Å²) in [4.78, 5) is 27.3. The zero-order valence-corrected chi connectivity index (χ0v) is 9.00. The Morgan fingerprint density at radius 2 is 1.69 bits per heavy atom. The molecule has 4 nitrogen and oxygen atoms in total. The van der Waals surface area contributed by atoms with Crippen LogP contribution in [0.5, 0.6) is 0 Å². The summed E-state index contributed by atoms with van der Waals surface area (Å²) in [6.45, 7) is 12.5. The molecule has 4 heteroatoms. The molecule has 4 radical (unpaired) electrons. The van der Waals surface area contributed by atoms with Gasteiger partial charge < -0.3 is 0 Å². The van der Waals surface area contributed by atoms with Crippen LogP contribution < -0.4 is 0 Å². The summed E-state index contributed by atoms with van der Waals surface area (Å²) in [6, 6.07) is 0. The van der Waals surface area contributed by atoms with Gasteiger partial charge in [0, 0.05) is 0 Å². The van der Waals surface area contributed by atoms with Crippen LogP contribution in [-0.2, 0) is 9.59 Å². The van der Waals surface area contributed by atoms with E-state index in [1.807, 2.05) is 0 Å². The standard InChI is InChI=1S/C12H14N2O2/c1-9-3-4-11(5-13-7-15)12(10(9)2)6-14-8-16/h1-2,9-12H,3-6H2. The topological polar surface area (TPSA) is 58.9 Å². The quantitative estimate of drug-likeness (QED) is 0.528. The number of hydrogen-bond acceptors (Lipinski definition) is 4. The molecule has 0 aromatic carbocycles. The van der Waals surface area contributed by atoms with Crippen LogP contribution in [0.1, 0.15) is 12.8 Å². The van der Waals surface area contributed by atoms with Crippen LogP contribution in [0.15, 0.2) is 9.98 Å². The average molecular weight is 218 g/mol. The largest absolute Gasteiger partial charge is 0.234 e. The van der Waals surface area contributed by atoms with E-state index in [4.69, 9.17) is 13.8 Å². The molecule has 0 N–H and O–H groups in total. The lowest BCUT2D eigenvalue weighted by molar-refractivity contribution is 0.155. The molecule has 84 valence electrons. The van der Waals surface area contributed by atoms with Crippen LogP contribution in [0.3, 0.4) is 0 Å². The summed E-state index contributed by atoms with van der Waals surface area (Å²) in [7, 11) is 0. The second-order valence-corrected chi connectivity index (χ2v) is 4.11. The van der Waals surface area contributed by atoms with Crippen molar-refractivity contribution in [3.05, 3.63) is 13.8 Å². The lowest BCUT2D eigenvalue weighted by atomic mass is 9.68. The first-order chi connectivity index (χ1) is 7.70. The van der Waals surface area contributed by atoms with Gasteiger partial charge in [-0.05, 0) is 50.4 Å². The fraction of sp³-hybridized carbons (Fsp3) is 0.667. The van der Waals surface area contributed by atoms with Crippen molar-refractivity contribution in [3.63, 3.8) is 0 Å². The van der Waals surface area contributed by atoms with E-state index in [0.29, 0.717) is 13.1 Å². The number of aliphatic imine (C=N–C) groups is 2.